The highest BCUT2D eigenvalue weighted by Crippen LogP contribution is 2.41. The zero-order valence-electron chi connectivity index (χ0n) is 14.0. The Morgan fingerprint density at radius 1 is 1.38 bits per heavy atom. The first-order valence-corrected chi connectivity index (χ1v) is 10.0. The quantitative estimate of drug-likeness (QED) is 0.441. The molecule has 1 aromatic carbocycles. The molecule has 2 aromatic heterocycles. The predicted octanol–water partition coefficient (Wildman–Crippen LogP) is 4.46. The third-order valence-corrected chi connectivity index (χ3v) is 5.92. The molecule has 0 radical (unpaired) electrons. The number of Topliss-reactive ketones (excluding diaryl/α,β-unsaturated/α-hetero) is 1. The van der Waals surface area contributed by atoms with Gasteiger partial charge in [0.2, 0.25) is 0 Å². The standard InChI is InChI=1S/C18H16FN3O2S2/c1-24-15-7-4-11(19)9-13(15)14(23)10-26-18-21-20-17(16-3-2-8-25-16)22(18)12-5-6-12/h2-4,7-9,12H,5-6,10H2,1H3. The molecule has 1 saturated carbocycles. The normalized spacial score (nSPS) is 13.8. The minimum Gasteiger partial charge on any atom is -0.496 e. The van der Waals surface area contributed by atoms with Crippen molar-refractivity contribution in [1.29, 1.82) is 0 Å². The smallest absolute Gasteiger partial charge is 0.192 e. The number of carbonyl (C=O) groups excluding carboxylic acids is 1. The van der Waals surface area contributed by atoms with Gasteiger partial charge in [0.15, 0.2) is 16.8 Å². The summed E-state index contributed by atoms with van der Waals surface area (Å²) >= 11 is 2.95. The number of thiophene rings is 1. The van der Waals surface area contributed by atoms with Gasteiger partial charge in [-0.25, -0.2) is 4.39 Å². The highest BCUT2D eigenvalue weighted by atomic mass is 32.2. The van der Waals surface area contributed by atoms with E-state index in [0.29, 0.717) is 11.8 Å². The van der Waals surface area contributed by atoms with E-state index in [2.05, 4.69) is 14.8 Å². The summed E-state index contributed by atoms with van der Waals surface area (Å²) in [6.45, 7) is 0. The van der Waals surface area contributed by atoms with E-state index < -0.39 is 5.82 Å². The van der Waals surface area contributed by atoms with Crippen molar-refractivity contribution >= 4 is 28.9 Å². The molecule has 0 unspecified atom stereocenters. The van der Waals surface area contributed by atoms with Crippen LogP contribution in [0.15, 0.2) is 40.9 Å². The molecule has 0 bridgehead atoms. The number of ether oxygens (including phenoxy) is 1. The molecule has 134 valence electrons. The average molecular weight is 389 g/mol. The molecule has 4 rings (SSSR count). The van der Waals surface area contributed by atoms with Crippen molar-refractivity contribution in [1.82, 2.24) is 14.8 Å². The number of thioether (sulfide) groups is 1. The van der Waals surface area contributed by atoms with Crippen LogP contribution in [0.5, 0.6) is 5.75 Å². The van der Waals surface area contributed by atoms with E-state index in [0.717, 1.165) is 28.7 Å². The Morgan fingerprint density at radius 3 is 2.92 bits per heavy atom. The van der Waals surface area contributed by atoms with Gasteiger partial charge < -0.3 is 4.74 Å². The average Bonchev–Trinajstić information content (AvgIpc) is 3.17. The lowest BCUT2D eigenvalue weighted by Crippen LogP contribution is -2.07. The molecule has 0 atom stereocenters. The first-order chi connectivity index (χ1) is 12.7. The molecule has 2 heterocycles. The van der Waals surface area contributed by atoms with Crippen LogP contribution in [0.3, 0.4) is 0 Å². The molecule has 0 aliphatic heterocycles. The number of halogens is 1. The number of hydrogen-bond acceptors (Lipinski definition) is 6. The summed E-state index contributed by atoms with van der Waals surface area (Å²) in [6, 6.07) is 8.35. The fraction of sp³-hybridized carbons (Fsp3) is 0.278. The van der Waals surface area contributed by atoms with Crippen LogP contribution in [0, 0.1) is 5.82 Å². The minimum absolute atomic E-state index is 0.148. The van der Waals surface area contributed by atoms with Gasteiger partial charge in [0.05, 0.1) is 23.3 Å². The third-order valence-electron chi connectivity index (χ3n) is 4.11. The summed E-state index contributed by atoms with van der Waals surface area (Å²) < 4.78 is 20.8. The van der Waals surface area contributed by atoms with Crippen LogP contribution in [0.1, 0.15) is 29.2 Å². The maximum absolute atomic E-state index is 13.5. The number of hydrogen-bond donors (Lipinski definition) is 0. The largest absolute Gasteiger partial charge is 0.496 e. The first-order valence-electron chi connectivity index (χ1n) is 8.15. The molecule has 0 spiro atoms. The third kappa shape index (κ3) is 3.39. The number of nitrogens with zero attached hydrogens (tertiary/aromatic N) is 3. The number of rotatable bonds is 7. The van der Waals surface area contributed by atoms with Crippen LogP contribution >= 0.6 is 23.1 Å². The molecular formula is C18H16FN3O2S2. The minimum atomic E-state index is -0.458. The lowest BCUT2D eigenvalue weighted by Gasteiger charge is -2.09. The summed E-state index contributed by atoms with van der Waals surface area (Å²) in [4.78, 5) is 13.6. The van der Waals surface area contributed by atoms with Gasteiger partial charge in [-0.1, -0.05) is 17.8 Å². The van der Waals surface area contributed by atoms with Crippen molar-refractivity contribution in [2.45, 2.75) is 24.0 Å². The van der Waals surface area contributed by atoms with Crippen molar-refractivity contribution in [2.24, 2.45) is 0 Å². The highest BCUT2D eigenvalue weighted by molar-refractivity contribution is 7.99. The van der Waals surface area contributed by atoms with Crippen molar-refractivity contribution in [2.75, 3.05) is 12.9 Å². The Balaban J connectivity index is 1.55. The van der Waals surface area contributed by atoms with E-state index >= 15 is 0 Å². The van der Waals surface area contributed by atoms with E-state index in [1.54, 1.807) is 11.3 Å². The fourth-order valence-electron chi connectivity index (χ4n) is 2.72. The molecule has 0 saturated heterocycles. The van der Waals surface area contributed by atoms with E-state index in [-0.39, 0.29) is 17.1 Å². The van der Waals surface area contributed by atoms with Gasteiger partial charge in [-0.2, -0.15) is 0 Å². The van der Waals surface area contributed by atoms with Gasteiger partial charge in [-0.05, 0) is 42.5 Å². The van der Waals surface area contributed by atoms with Gasteiger partial charge in [0, 0.05) is 6.04 Å². The van der Waals surface area contributed by atoms with E-state index in [9.17, 15) is 9.18 Å². The summed E-state index contributed by atoms with van der Waals surface area (Å²) in [7, 11) is 1.47. The Morgan fingerprint density at radius 2 is 2.23 bits per heavy atom. The first kappa shape index (κ1) is 17.2. The monoisotopic (exact) mass is 389 g/mol. The highest BCUT2D eigenvalue weighted by Gasteiger charge is 2.30. The van der Waals surface area contributed by atoms with Gasteiger partial charge in [-0.3, -0.25) is 9.36 Å². The maximum Gasteiger partial charge on any atom is 0.192 e. The molecular weight excluding hydrogens is 373 g/mol. The second-order valence-electron chi connectivity index (χ2n) is 5.94. The van der Waals surface area contributed by atoms with Crippen molar-refractivity contribution in [3.8, 4) is 16.5 Å². The maximum atomic E-state index is 13.5. The second kappa shape index (κ2) is 7.20. The summed E-state index contributed by atoms with van der Waals surface area (Å²) in [5, 5.41) is 11.3. The second-order valence-corrected chi connectivity index (χ2v) is 7.83. The van der Waals surface area contributed by atoms with Crippen LogP contribution in [0.25, 0.3) is 10.7 Å². The summed E-state index contributed by atoms with van der Waals surface area (Å²) in [5.74, 6) is 0.713. The summed E-state index contributed by atoms with van der Waals surface area (Å²) in [6.07, 6.45) is 2.19. The number of ketones is 1. The molecule has 5 nitrogen and oxygen atoms in total. The molecule has 1 fully saturated rings. The molecule has 26 heavy (non-hydrogen) atoms. The van der Waals surface area contributed by atoms with Gasteiger partial charge >= 0.3 is 0 Å². The van der Waals surface area contributed by atoms with Crippen LogP contribution in [-0.4, -0.2) is 33.4 Å². The number of benzene rings is 1. The summed E-state index contributed by atoms with van der Waals surface area (Å²) in [5.41, 5.74) is 0.246. The molecule has 1 aliphatic carbocycles. The van der Waals surface area contributed by atoms with Gasteiger partial charge in [-0.15, -0.1) is 21.5 Å². The Labute approximate surface area is 158 Å². The van der Waals surface area contributed by atoms with Crippen molar-refractivity contribution in [3.63, 3.8) is 0 Å². The zero-order chi connectivity index (χ0) is 18.1. The fourth-order valence-corrected chi connectivity index (χ4v) is 4.31. The van der Waals surface area contributed by atoms with Crippen molar-refractivity contribution < 1.29 is 13.9 Å². The van der Waals surface area contributed by atoms with Crippen LogP contribution in [0.4, 0.5) is 4.39 Å². The Kier molecular flexibility index (Phi) is 4.78. The molecule has 1 aliphatic rings. The van der Waals surface area contributed by atoms with E-state index in [4.69, 9.17) is 4.74 Å². The number of methoxy groups -OCH3 is 1. The van der Waals surface area contributed by atoms with E-state index in [1.165, 1.54) is 37.1 Å². The molecule has 0 N–H and O–H groups in total. The number of carbonyl (C=O) groups is 1. The molecule has 0 amide bonds. The van der Waals surface area contributed by atoms with Gasteiger partial charge in [0.25, 0.3) is 0 Å². The topological polar surface area (TPSA) is 57.0 Å². The Bertz CT molecular complexity index is 936. The van der Waals surface area contributed by atoms with E-state index in [1.807, 2.05) is 17.5 Å². The van der Waals surface area contributed by atoms with Crippen molar-refractivity contribution in [3.05, 3.63) is 47.1 Å². The lowest BCUT2D eigenvalue weighted by molar-refractivity contribution is 0.101. The van der Waals surface area contributed by atoms with Crippen LogP contribution in [0.2, 0.25) is 0 Å². The number of aromatic nitrogens is 3. The SMILES string of the molecule is COc1ccc(F)cc1C(=O)CSc1nnc(-c2cccs2)n1C1CC1. The van der Waals surface area contributed by atoms with Gasteiger partial charge in [0.1, 0.15) is 11.6 Å². The zero-order valence-corrected chi connectivity index (χ0v) is 15.6. The Hall–Kier alpha value is -2.19. The van der Waals surface area contributed by atoms with Crippen LogP contribution < -0.4 is 4.74 Å². The lowest BCUT2D eigenvalue weighted by atomic mass is 10.1. The predicted molar refractivity (Wildman–Crippen MR) is 99.6 cm³/mol. The molecule has 8 heteroatoms. The van der Waals surface area contributed by atoms with Crippen LogP contribution in [-0.2, 0) is 0 Å². The molecule has 3 aromatic rings.